The Bertz CT molecular complexity index is 2180. The van der Waals surface area contributed by atoms with Crippen LogP contribution in [0.2, 0.25) is 0 Å². The monoisotopic (exact) mass is 910 g/mol. The number of aldehydes is 1. The van der Waals surface area contributed by atoms with E-state index < -0.39 is 53.1 Å². The highest BCUT2D eigenvalue weighted by Crippen LogP contribution is 2.30. The first-order chi connectivity index (χ1) is 25.4. The molecule has 0 aliphatic carbocycles. The molecule has 0 saturated heterocycles. The number of amides is 1. The molecule has 0 bridgehead atoms. The van der Waals surface area contributed by atoms with E-state index in [2.05, 4.69) is 52.0 Å². The molecule has 0 unspecified atom stereocenters. The molecule has 0 fully saturated rings. The number of carbonyl (C=O) groups is 5. The first kappa shape index (κ1) is 45.4. The zero-order chi connectivity index (χ0) is 40.4. The maximum atomic E-state index is 12.9. The minimum atomic E-state index is -5.20. The van der Waals surface area contributed by atoms with Crippen molar-refractivity contribution in [1.82, 2.24) is 35.7 Å². The maximum Gasteiger partial charge on any atom is 0.471 e. The first-order valence-electron chi connectivity index (χ1n) is 14.6. The molecule has 5 rings (SSSR count). The quantitative estimate of drug-likeness (QED) is 0.0831. The number of fused-ring (bicyclic) bond motifs is 1. The van der Waals surface area contributed by atoms with Gasteiger partial charge in [-0.1, -0.05) is 44.0 Å². The molecule has 1 amide bonds. The second-order valence-electron chi connectivity index (χ2n) is 9.79. The van der Waals surface area contributed by atoms with Crippen molar-refractivity contribution in [3.8, 4) is 11.4 Å². The average molecular weight is 912 g/mol. The summed E-state index contributed by atoms with van der Waals surface area (Å²) < 4.78 is 89.6. The van der Waals surface area contributed by atoms with Gasteiger partial charge in [0.15, 0.2) is 23.3 Å². The standard InChI is InChI=1S/C15H10BrF3N4O2.C15H11BrF3N3O4.CH2O2.H3N/c1-2-25-13(24)11-10-7-20-14(15(17,18)19)21-12(10)23(22-11)9-5-3-4-8(16)6-9;1-2-26-13(24)11-10(7-23)12(20-14(25)15(17,18)19)22(21-11)9-5-3-4-8(16)6-9;2-1-3;/h3-7H,2H2,1H3;3-7H,2H2,1H3,(H,20,25);1H,(H,2,3);1H3. The van der Waals surface area contributed by atoms with Gasteiger partial charge < -0.3 is 26.0 Å². The van der Waals surface area contributed by atoms with Crippen molar-refractivity contribution in [2.24, 2.45) is 0 Å². The second-order valence-corrected chi connectivity index (χ2v) is 11.6. The van der Waals surface area contributed by atoms with E-state index in [9.17, 15) is 45.5 Å². The number of nitrogens with zero attached hydrogens (tertiary/aromatic N) is 6. The van der Waals surface area contributed by atoms with Gasteiger partial charge in [-0.25, -0.2) is 28.9 Å². The molecule has 0 aliphatic heterocycles. The molecule has 5 N–H and O–H groups in total. The molecule has 0 saturated carbocycles. The maximum absolute atomic E-state index is 12.9. The number of esters is 2. The normalized spacial score (nSPS) is 10.8. The number of halogens is 8. The molecule has 55 heavy (non-hydrogen) atoms. The van der Waals surface area contributed by atoms with Crippen LogP contribution in [0.5, 0.6) is 0 Å². The molecule has 0 aliphatic rings. The number of hydrogen-bond donors (Lipinski definition) is 3. The van der Waals surface area contributed by atoms with Crippen LogP contribution in [0.15, 0.2) is 63.7 Å². The number of alkyl halides is 6. The number of benzene rings is 2. The van der Waals surface area contributed by atoms with Gasteiger partial charge in [-0.2, -0.15) is 36.5 Å². The molecule has 0 spiro atoms. The van der Waals surface area contributed by atoms with Gasteiger partial charge in [-0.3, -0.25) is 14.4 Å². The van der Waals surface area contributed by atoms with Gasteiger partial charge in [-0.15, -0.1) is 0 Å². The van der Waals surface area contributed by atoms with Crippen LogP contribution in [-0.2, 0) is 25.2 Å². The zero-order valence-corrected chi connectivity index (χ0v) is 31.2. The van der Waals surface area contributed by atoms with Gasteiger partial charge in [0.1, 0.15) is 5.82 Å². The summed E-state index contributed by atoms with van der Waals surface area (Å²) in [5, 5.41) is 16.5. The lowest BCUT2D eigenvalue weighted by atomic mass is 10.2. The third-order valence-electron chi connectivity index (χ3n) is 6.25. The van der Waals surface area contributed by atoms with Crippen molar-refractivity contribution in [3.63, 3.8) is 0 Å². The van der Waals surface area contributed by atoms with Gasteiger partial charge >= 0.3 is 30.2 Å². The second kappa shape index (κ2) is 19.5. The van der Waals surface area contributed by atoms with Crippen LogP contribution >= 0.6 is 31.9 Å². The Morgan fingerprint density at radius 2 is 1.35 bits per heavy atom. The molecule has 3 aromatic heterocycles. The van der Waals surface area contributed by atoms with Crippen LogP contribution in [0.1, 0.15) is 51.0 Å². The Kier molecular flexibility index (Phi) is 16.1. The SMILES string of the molecule is CCOC(=O)c1nn(-c2cccc(Br)c2)c(NC(=O)C(F)(F)F)c1C=O.CCOC(=O)c1nn(-c2cccc(Br)c2)c2nc(C(F)(F)F)ncc12.N.O=CO. The van der Waals surface area contributed by atoms with Crippen LogP contribution < -0.4 is 11.5 Å². The van der Waals surface area contributed by atoms with Gasteiger partial charge in [0, 0.05) is 15.1 Å². The topological polar surface area (TPSA) is 232 Å². The first-order valence-corrected chi connectivity index (χ1v) is 16.2. The molecule has 2 aromatic carbocycles. The van der Waals surface area contributed by atoms with E-state index in [1.807, 2.05) is 0 Å². The van der Waals surface area contributed by atoms with Crippen LogP contribution in [-0.4, -0.2) is 84.6 Å². The summed E-state index contributed by atoms with van der Waals surface area (Å²) in [6.07, 6.45) is -8.86. The molecule has 16 nitrogen and oxygen atoms in total. The summed E-state index contributed by atoms with van der Waals surface area (Å²) in [6, 6.07) is 12.8. The molecule has 0 atom stereocenters. The number of carbonyl (C=O) groups excluding carboxylic acids is 4. The molecule has 294 valence electrons. The van der Waals surface area contributed by atoms with Gasteiger partial charge in [-0.05, 0) is 50.2 Å². The van der Waals surface area contributed by atoms with Gasteiger partial charge in [0.2, 0.25) is 5.82 Å². The van der Waals surface area contributed by atoms with E-state index in [0.717, 1.165) is 15.6 Å². The highest BCUT2D eigenvalue weighted by atomic mass is 79.9. The molecule has 5 aromatic rings. The van der Waals surface area contributed by atoms with Crippen LogP contribution in [0.25, 0.3) is 22.4 Å². The van der Waals surface area contributed by atoms with E-state index >= 15 is 0 Å². The summed E-state index contributed by atoms with van der Waals surface area (Å²) in [5.41, 5.74) is -0.688. The predicted octanol–water partition coefficient (Wildman–Crippen LogP) is 6.76. The number of ether oxygens (including phenoxy) is 2. The highest BCUT2D eigenvalue weighted by Gasteiger charge is 2.40. The van der Waals surface area contributed by atoms with Gasteiger partial charge in [0.05, 0.1) is 35.5 Å². The number of nitrogens with one attached hydrogen (secondary N) is 1. The fraction of sp³-hybridized carbons (Fsp3) is 0.194. The lowest BCUT2D eigenvalue weighted by Gasteiger charge is -2.11. The van der Waals surface area contributed by atoms with Crippen molar-refractivity contribution in [2.45, 2.75) is 26.2 Å². The Morgan fingerprint density at radius 3 is 1.80 bits per heavy atom. The van der Waals surface area contributed by atoms with E-state index in [4.69, 9.17) is 19.4 Å². The molecule has 0 radical (unpaired) electrons. The predicted molar refractivity (Wildman–Crippen MR) is 186 cm³/mol. The lowest BCUT2D eigenvalue weighted by molar-refractivity contribution is -0.167. The van der Waals surface area contributed by atoms with E-state index in [1.165, 1.54) is 19.1 Å². The fourth-order valence-electron chi connectivity index (χ4n) is 4.16. The number of anilines is 1. The third-order valence-corrected chi connectivity index (χ3v) is 7.24. The third kappa shape index (κ3) is 11.4. The molecular weight excluding hydrogens is 886 g/mol. The zero-order valence-electron chi connectivity index (χ0n) is 28.0. The number of carboxylic acid groups (broad SMARTS) is 1. The Balaban J connectivity index is 0.000000349. The summed E-state index contributed by atoms with van der Waals surface area (Å²) in [6.45, 7) is 2.94. The summed E-state index contributed by atoms with van der Waals surface area (Å²) in [5.74, 6) is -5.99. The number of rotatable bonds is 8. The van der Waals surface area contributed by atoms with Crippen molar-refractivity contribution in [1.29, 1.82) is 0 Å². The Labute approximate surface area is 321 Å². The molecular formula is C31H26Br2F6N8O8. The van der Waals surface area contributed by atoms with E-state index in [-0.39, 0.29) is 54.5 Å². The smallest absolute Gasteiger partial charge is 0.471 e. The van der Waals surface area contributed by atoms with Crippen LogP contribution in [0.3, 0.4) is 0 Å². The summed E-state index contributed by atoms with van der Waals surface area (Å²) in [4.78, 5) is 62.0. The summed E-state index contributed by atoms with van der Waals surface area (Å²) in [7, 11) is 0. The van der Waals surface area contributed by atoms with Crippen molar-refractivity contribution < 1.29 is 64.9 Å². The average Bonchev–Trinajstić information content (AvgIpc) is 3.67. The molecule has 3 heterocycles. The molecule has 24 heteroatoms. The Hall–Kier alpha value is -5.75. The largest absolute Gasteiger partial charge is 0.483 e. The number of aromatic nitrogens is 6. The van der Waals surface area contributed by atoms with Gasteiger partial charge in [0.25, 0.3) is 6.47 Å². The van der Waals surface area contributed by atoms with Crippen molar-refractivity contribution in [3.05, 3.63) is 86.4 Å². The van der Waals surface area contributed by atoms with Crippen LogP contribution in [0.4, 0.5) is 32.2 Å². The van der Waals surface area contributed by atoms with E-state index in [0.29, 0.717) is 14.6 Å². The van der Waals surface area contributed by atoms with E-state index in [1.54, 1.807) is 48.6 Å². The fourth-order valence-corrected chi connectivity index (χ4v) is 4.94. The summed E-state index contributed by atoms with van der Waals surface area (Å²) >= 11 is 6.48. The Morgan fingerprint density at radius 1 is 0.855 bits per heavy atom. The minimum Gasteiger partial charge on any atom is -0.483 e. The van der Waals surface area contributed by atoms with Crippen molar-refractivity contribution in [2.75, 3.05) is 18.5 Å². The minimum absolute atomic E-state index is 0. The lowest BCUT2D eigenvalue weighted by Crippen LogP contribution is -2.31. The van der Waals surface area contributed by atoms with Crippen LogP contribution in [0, 0.1) is 0 Å². The van der Waals surface area contributed by atoms with Crippen molar-refractivity contribution >= 4 is 79.3 Å². The highest BCUT2D eigenvalue weighted by molar-refractivity contribution is 9.10. The number of hydrogen-bond acceptors (Lipinski definition) is 12.